The summed E-state index contributed by atoms with van der Waals surface area (Å²) in [6, 6.07) is 12.9. The number of carbonyl (C=O) groups excluding carboxylic acids is 2. The van der Waals surface area contributed by atoms with Gasteiger partial charge < -0.3 is 14.8 Å². The highest BCUT2D eigenvalue weighted by molar-refractivity contribution is 5.96. The zero-order valence-corrected chi connectivity index (χ0v) is 14.8. The normalized spacial score (nSPS) is 10.2. The Morgan fingerprint density at radius 2 is 1.76 bits per heavy atom. The number of aryl methyl sites for hydroxylation is 1. The summed E-state index contributed by atoms with van der Waals surface area (Å²) in [5, 5.41) is 2.71. The molecule has 0 unspecified atom stereocenters. The predicted octanol–water partition coefficient (Wildman–Crippen LogP) is 4.00. The maximum absolute atomic E-state index is 11.5. The first-order chi connectivity index (χ1) is 12.0. The molecule has 0 saturated heterocycles. The van der Waals surface area contributed by atoms with E-state index in [4.69, 9.17) is 9.47 Å². The van der Waals surface area contributed by atoms with Crippen LogP contribution in [-0.4, -0.2) is 24.9 Å². The van der Waals surface area contributed by atoms with Gasteiger partial charge in [0, 0.05) is 18.9 Å². The van der Waals surface area contributed by atoms with Crippen LogP contribution in [0.15, 0.2) is 42.5 Å². The molecule has 1 N–H and O–H groups in total. The van der Waals surface area contributed by atoms with Crippen molar-refractivity contribution in [1.82, 2.24) is 0 Å². The molecule has 0 fully saturated rings. The van der Waals surface area contributed by atoms with E-state index in [1.807, 2.05) is 31.2 Å². The van der Waals surface area contributed by atoms with Crippen molar-refractivity contribution in [2.45, 2.75) is 27.2 Å². The minimum absolute atomic E-state index is 0.0537. The van der Waals surface area contributed by atoms with Gasteiger partial charge in [-0.05, 0) is 49.7 Å². The average Bonchev–Trinajstić information content (AvgIpc) is 2.55. The molecule has 132 valence electrons. The molecular weight excluding hydrogens is 318 g/mol. The Morgan fingerprint density at radius 1 is 1.00 bits per heavy atom. The molecule has 0 heterocycles. The molecule has 2 rings (SSSR count). The Bertz CT molecular complexity index is 755. The van der Waals surface area contributed by atoms with Gasteiger partial charge in [-0.25, -0.2) is 0 Å². The van der Waals surface area contributed by atoms with Gasteiger partial charge in [-0.15, -0.1) is 0 Å². The zero-order chi connectivity index (χ0) is 18.2. The molecule has 25 heavy (non-hydrogen) atoms. The van der Waals surface area contributed by atoms with Gasteiger partial charge in [0.25, 0.3) is 0 Å². The lowest BCUT2D eigenvalue weighted by molar-refractivity contribution is -0.114. The molecule has 5 nitrogen and oxygen atoms in total. The predicted molar refractivity (Wildman–Crippen MR) is 97.5 cm³/mol. The van der Waals surface area contributed by atoms with Crippen LogP contribution < -0.4 is 14.8 Å². The first-order valence-corrected chi connectivity index (χ1v) is 8.20. The first kappa shape index (κ1) is 18.5. The Labute approximate surface area is 148 Å². The van der Waals surface area contributed by atoms with Gasteiger partial charge in [-0.1, -0.05) is 12.1 Å². The summed E-state index contributed by atoms with van der Waals surface area (Å²) < 4.78 is 11.4. The topological polar surface area (TPSA) is 64.6 Å². The summed E-state index contributed by atoms with van der Waals surface area (Å²) in [6.07, 6.45) is 0.678. The van der Waals surface area contributed by atoms with E-state index in [0.29, 0.717) is 36.6 Å². The number of ether oxygens (including phenoxy) is 2. The van der Waals surface area contributed by atoms with Crippen molar-refractivity contribution in [3.8, 4) is 11.5 Å². The molecule has 0 radical (unpaired) electrons. The first-order valence-electron chi connectivity index (χ1n) is 8.20. The van der Waals surface area contributed by atoms with Crippen molar-refractivity contribution in [2.24, 2.45) is 0 Å². The third-order valence-electron chi connectivity index (χ3n) is 3.50. The maximum atomic E-state index is 11.5. The Kier molecular flexibility index (Phi) is 6.57. The number of carbonyl (C=O) groups is 2. The van der Waals surface area contributed by atoms with Gasteiger partial charge in [-0.2, -0.15) is 0 Å². The van der Waals surface area contributed by atoms with E-state index in [0.717, 1.165) is 11.3 Å². The number of anilines is 1. The third-order valence-corrected chi connectivity index (χ3v) is 3.50. The summed E-state index contributed by atoms with van der Waals surface area (Å²) in [6.45, 7) is 5.87. The highest BCUT2D eigenvalue weighted by Crippen LogP contribution is 2.26. The fourth-order valence-electron chi connectivity index (χ4n) is 2.29. The van der Waals surface area contributed by atoms with E-state index in [9.17, 15) is 9.59 Å². The summed E-state index contributed by atoms with van der Waals surface area (Å²) in [5.74, 6) is 1.07. The van der Waals surface area contributed by atoms with Crippen molar-refractivity contribution in [1.29, 1.82) is 0 Å². The molecule has 2 aromatic rings. The van der Waals surface area contributed by atoms with E-state index in [1.54, 1.807) is 18.2 Å². The van der Waals surface area contributed by atoms with Crippen LogP contribution in [0.4, 0.5) is 5.69 Å². The molecule has 0 aliphatic rings. The van der Waals surface area contributed by atoms with Crippen LogP contribution in [0.25, 0.3) is 0 Å². The summed E-state index contributed by atoms with van der Waals surface area (Å²) in [5.41, 5.74) is 2.24. The minimum Gasteiger partial charge on any atom is -0.493 e. The van der Waals surface area contributed by atoms with Gasteiger partial charge in [0.15, 0.2) is 5.78 Å². The zero-order valence-electron chi connectivity index (χ0n) is 14.8. The van der Waals surface area contributed by atoms with E-state index >= 15 is 0 Å². The van der Waals surface area contributed by atoms with Gasteiger partial charge in [0.1, 0.15) is 11.5 Å². The highest BCUT2D eigenvalue weighted by Gasteiger charge is 2.09. The van der Waals surface area contributed by atoms with Gasteiger partial charge in [-0.3, -0.25) is 9.59 Å². The number of hydrogen-bond acceptors (Lipinski definition) is 4. The lowest BCUT2D eigenvalue weighted by Crippen LogP contribution is -2.10. The van der Waals surface area contributed by atoms with Crippen LogP contribution >= 0.6 is 0 Å². The van der Waals surface area contributed by atoms with E-state index in [-0.39, 0.29) is 11.7 Å². The van der Waals surface area contributed by atoms with Gasteiger partial charge in [0.2, 0.25) is 5.91 Å². The Balaban J connectivity index is 1.90. The quantitative estimate of drug-likeness (QED) is 0.582. The number of hydrogen-bond donors (Lipinski definition) is 1. The minimum atomic E-state index is -0.191. The van der Waals surface area contributed by atoms with Crippen molar-refractivity contribution < 1.29 is 19.1 Å². The van der Waals surface area contributed by atoms with E-state index in [1.165, 1.54) is 13.8 Å². The Morgan fingerprint density at radius 3 is 2.44 bits per heavy atom. The Hall–Kier alpha value is -2.82. The van der Waals surface area contributed by atoms with Crippen LogP contribution in [0.1, 0.15) is 36.2 Å². The van der Waals surface area contributed by atoms with Crippen molar-refractivity contribution in [3.63, 3.8) is 0 Å². The second-order valence-electron chi connectivity index (χ2n) is 5.82. The molecular formula is C20H23NO4. The fraction of sp³-hybridized carbons (Fsp3) is 0.300. The van der Waals surface area contributed by atoms with Gasteiger partial charge in [0.05, 0.1) is 18.9 Å². The molecule has 0 saturated carbocycles. The number of ketones is 1. The molecule has 0 aromatic heterocycles. The third kappa shape index (κ3) is 5.95. The van der Waals surface area contributed by atoms with E-state index < -0.39 is 0 Å². The standard InChI is InChI=1S/C20H23NO4/c1-14-6-4-7-18(12-14)24-10-5-11-25-20-13-17(15(2)22)8-9-19(20)21-16(3)23/h4,6-9,12-13H,5,10-11H2,1-3H3,(H,21,23). The monoisotopic (exact) mass is 341 g/mol. The van der Waals surface area contributed by atoms with Crippen molar-refractivity contribution in [3.05, 3.63) is 53.6 Å². The van der Waals surface area contributed by atoms with Crippen LogP contribution in [0.2, 0.25) is 0 Å². The molecule has 0 aliphatic heterocycles. The highest BCUT2D eigenvalue weighted by atomic mass is 16.5. The number of rotatable bonds is 8. The molecule has 5 heteroatoms. The average molecular weight is 341 g/mol. The molecule has 0 spiro atoms. The molecule has 0 bridgehead atoms. The second kappa shape index (κ2) is 8.87. The van der Waals surface area contributed by atoms with Crippen molar-refractivity contribution in [2.75, 3.05) is 18.5 Å². The molecule has 1 amide bonds. The number of Topliss-reactive ketones (excluding diaryl/α,β-unsaturated/α-hetero) is 1. The van der Waals surface area contributed by atoms with E-state index in [2.05, 4.69) is 5.32 Å². The maximum Gasteiger partial charge on any atom is 0.221 e. The molecule has 2 aromatic carbocycles. The smallest absolute Gasteiger partial charge is 0.221 e. The molecule has 0 aliphatic carbocycles. The molecule has 0 atom stereocenters. The number of nitrogens with one attached hydrogen (secondary N) is 1. The lowest BCUT2D eigenvalue weighted by atomic mass is 10.1. The summed E-state index contributed by atoms with van der Waals surface area (Å²) in [4.78, 5) is 22.8. The largest absolute Gasteiger partial charge is 0.493 e. The number of amides is 1. The van der Waals surface area contributed by atoms with Crippen LogP contribution in [-0.2, 0) is 4.79 Å². The van der Waals surface area contributed by atoms with Gasteiger partial charge >= 0.3 is 0 Å². The number of benzene rings is 2. The summed E-state index contributed by atoms with van der Waals surface area (Å²) >= 11 is 0. The SMILES string of the molecule is CC(=O)Nc1ccc(C(C)=O)cc1OCCCOc1cccc(C)c1. The van der Waals surface area contributed by atoms with Crippen LogP contribution in [0.5, 0.6) is 11.5 Å². The second-order valence-corrected chi connectivity index (χ2v) is 5.82. The fourth-order valence-corrected chi connectivity index (χ4v) is 2.29. The lowest BCUT2D eigenvalue weighted by Gasteiger charge is -2.13. The van der Waals surface area contributed by atoms with Crippen molar-refractivity contribution >= 4 is 17.4 Å². The summed E-state index contributed by atoms with van der Waals surface area (Å²) in [7, 11) is 0. The van der Waals surface area contributed by atoms with Crippen LogP contribution in [0, 0.1) is 6.92 Å². The van der Waals surface area contributed by atoms with Crippen LogP contribution in [0.3, 0.4) is 0 Å².